The molecule has 0 aliphatic carbocycles. The van der Waals surface area contributed by atoms with Gasteiger partial charge in [-0.3, -0.25) is 10.2 Å². The molecule has 0 aliphatic heterocycles. The molecule has 2 aromatic carbocycles. The molecule has 0 aromatic heterocycles. The molecule has 0 radical (unpaired) electrons. The Hall–Kier alpha value is -2.47. The zero-order chi connectivity index (χ0) is 16.2. The van der Waals surface area contributed by atoms with Crippen molar-refractivity contribution in [2.24, 2.45) is 5.10 Å². The number of hydrogen-bond donors (Lipinski definition) is 1. The maximum atomic E-state index is 12.5. The maximum absolute atomic E-state index is 12.5. The Balaban J connectivity index is 2.38. The fourth-order valence-electron chi connectivity index (χ4n) is 1.79. The average Bonchev–Trinajstić information content (AvgIpc) is 2.48. The Morgan fingerprint density at radius 3 is 2.14 bits per heavy atom. The topological polar surface area (TPSA) is 75.6 Å². The van der Waals surface area contributed by atoms with Crippen LogP contribution in [0.15, 0.2) is 64.6 Å². The van der Waals surface area contributed by atoms with Crippen molar-refractivity contribution in [1.29, 1.82) is 0 Å². The van der Waals surface area contributed by atoms with Gasteiger partial charge in [0.1, 0.15) is 0 Å². The van der Waals surface area contributed by atoms with Crippen LogP contribution in [0.3, 0.4) is 0 Å². The Morgan fingerprint density at radius 2 is 1.59 bits per heavy atom. The summed E-state index contributed by atoms with van der Waals surface area (Å²) in [5.41, 5.74) is 4.13. The third kappa shape index (κ3) is 3.59. The van der Waals surface area contributed by atoms with Gasteiger partial charge in [-0.05, 0) is 31.2 Å². The second kappa shape index (κ2) is 6.53. The van der Waals surface area contributed by atoms with Crippen LogP contribution in [0.4, 0.5) is 5.69 Å². The number of carbonyl (C=O) groups is 1. The molecule has 0 aliphatic rings. The number of Topliss-reactive ketones (excluding diaryl/α,β-unsaturated/α-hetero) is 1. The van der Waals surface area contributed by atoms with E-state index in [0.29, 0.717) is 5.69 Å². The zero-order valence-electron chi connectivity index (χ0n) is 12.3. The summed E-state index contributed by atoms with van der Waals surface area (Å²) in [6.07, 6.45) is 0. The van der Waals surface area contributed by atoms with Crippen molar-refractivity contribution in [3.05, 3.63) is 60.2 Å². The lowest BCUT2D eigenvalue weighted by molar-refractivity contribution is -0.110. The highest BCUT2D eigenvalue weighted by Gasteiger charge is 2.26. The van der Waals surface area contributed by atoms with E-state index in [0.717, 1.165) is 5.56 Å². The Morgan fingerprint density at radius 1 is 1.00 bits per heavy atom. The number of nitrogens with zero attached hydrogens (tertiary/aromatic N) is 1. The highest BCUT2D eigenvalue weighted by atomic mass is 32.2. The van der Waals surface area contributed by atoms with Crippen molar-refractivity contribution in [2.45, 2.75) is 18.7 Å². The molecular weight excluding hydrogens is 300 g/mol. The van der Waals surface area contributed by atoms with E-state index < -0.39 is 20.7 Å². The number of ketones is 1. The van der Waals surface area contributed by atoms with Crippen molar-refractivity contribution in [3.63, 3.8) is 0 Å². The minimum absolute atomic E-state index is 0.0434. The fraction of sp³-hybridized carbons (Fsp3) is 0.125. The summed E-state index contributed by atoms with van der Waals surface area (Å²) in [7, 11) is -3.95. The molecule has 1 N–H and O–H groups in total. The minimum atomic E-state index is -3.95. The number of nitrogens with one attached hydrogen (secondary N) is 1. The highest BCUT2D eigenvalue weighted by Crippen LogP contribution is 2.15. The van der Waals surface area contributed by atoms with Crippen molar-refractivity contribution in [2.75, 3.05) is 5.43 Å². The van der Waals surface area contributed by atoms with Crippen molar-refractivity contribution < 1.29 is 13.2 Å². The van der Waals surface area contributed by atoms with Crippen LogP contribution in [-0.4, -0.2) is 19.2 Å². The summed E-state index contributed by atoms with van der Waals surface area (Å²) in [6.45, 7) is 3.03. The second-order valence-corrected chi connectivity index (χ2v) is 6.63. The minimum Gasteiger partial charge on any atom is -0.292 e. The first kappa shape index (κ1) is 15.9. The van der Waals surface area contributed by atoms with E-state index in [1.165, 1.54) is 19.1 Å². The van der Waals surface area contributed by atoms with Crippen molar-refractivity contribution >= 4 is 26.4 Å². The van der Waals surface area contributed by atoms with Gasteiger partial charge in [-0.1, -0.05) is 35.9 Å². The van der Waals surface area contributed by atoms with E-state index in [9.17, 15) is 13.2 Å². The SMILES string of the molecule is CC(=O)/C(=N\Nc1ccccc1)S(=O)(=O)c1ccc(C)cc1. The molecule has 2 aromatic rings. The van der Waals surface area contributed by atoms with E-state index in [-0.39, 0.29) is 4.90 Å². The smallest absolute Gasteiger partial charge is 0.229 e. The van der Waals surface area contributed by atoms with Gasteiger partial charge in [0.25, 0.3) is 0 Å². The molecule has 0 unspecified atom stereocenters. The Bertz CT molecular complexity index is 795. The Kier molecular flexibility index (Phi) is 4.72. The van der Waals surface area contributed by atoms with E-state index in [2.05, 4.69) is 10.5 Å². The number of aryl methyl sites for hydroxylation is 1. The summed E-state index contributed by atoms with van der Waals surface area (Å²) in [5, 5.41) is 3.28. The second-order valence-electron chi connectivity index (χ2n) is 4.77. The van der Waals surface area contributed by atoms with E-state index >= 15 is 0 Å². The predicted octanol–water partition coefficient (Wildman–Crippen LogP) is 2.78. The predicted molar refractivity (Wildman–Crippen MR) is 86.5 cm³/mol. The monoisotopic (exact) mass is 316 g/mol. The fourth-order valence-corrected chi connectivity index (χ4v) is 3.05. The third-order valence-electron chi connectivity index (χ3n) is 2.95. The number of hydrogen-bond acceptors (Lipinski definition) is 5. The summed E-state index contributed by atoms with van der Waals surface area (Å²) >= 11 is 0. The first-order valence-electron chi connectivity index (χ1n) is 6.62. The number of anilines is 1. The number of hydrazone groups is 1. The molecule has 0 atom stereocenters. The molecule has 0 saturated carbocycles. The van der Waals surface area contributed by atoms with E-state index in [4.69, 9.17) is 0 Å². The molecule has 0 fully saturated rings. The Labute approximate surface area is 129 Å². The molecule has 114 valence electrons. The number of para-hydroxylation sites is 1. The van der Waals surface area contributed by atoms with E-state index in [1.54, 1.807) is 36.4 Å². The number of carbonyl (C=O) groups excluding carboxylic acids is 1. The number of sulfone groups is 1. The molecular formula is C16H16N2O3S. The normalized spacial score (nSPS) is 12.0. The number of benzene rings is 2. The number of rotatable bonds is 4. The van der Waals surface area contributed by atoms with Crippen LogP contribution in [0.1, 0.15) is 12.5 Å². The first-order valence-corrected chi connectivity index (χ1v) is 8.11. The van der Waals surface area contributed by atoms with Crippen molar-refractivity contribution in [1.82, 2.24) is 0 Å². The van der Waals surface area contributed by atoms with E-state index in [1.807, 2.05) is 13.0 Å². The van der Waals surface area contributed by atoms with Crippen LogP contribution in [0.5, 0.6) is 0 Å². The van der Waals surface area contributed by atoms with Gasteiger partial charge in [-0.15, -0.1) is 0 Å². The van der Waals surface area contributed by atoms with Gasteiger partial charge in [0.05, 0.1) is 10.6 Å². The summed E-state index contributed by atoms with van der Waals surface area (Å²) in [5.74, 6) is -0.621. The molecule has 5 nitrogen and oxygen atoms in total. The van der Waals surface area contributed by atoms with Gasteiger partial charge >= 0.3 is 0 Å². The largest absolute Gasteiger partial charge is 0.292 e. The lowest BCUT2D eigenvalue weighted by atomic mass is 10.2. The van der Waals surface area contributed by atoms with Gasteiger partial charge in [-0.25, -0.2) is 8.42 Å². The van der Waals surface area contributed by atoms with Crippen LogP contribution in [-0.2, 0) is 14.6 Å². The first-order chi connectivity index (χ1) is 10.4. The van der Waals surface area contributed by atoms with Crippen LogP contribution in [0, 0.1) is 6.92 Å². The molecule has 0 amide bonds. The zero-order valence-corrected chi connectivity index (χ0v) is 13.1. The molecule has 2 rings (SSSR count). The standard InChI is InChI=1S/C16H16N2O3S/c1-12-8-10-15(11-9-12)22(20,21)16(13(2)19)18-17-14-6-4-3-5-7-14/h3-11,17H,1-2H3/b18-16+. The van der Waals surface area contributed by atoms with Crippen LogP contribution in [0.25, 0.3) is 0 Å². The lowest BCUT2D eigenvalue weighted by Gasteiger charge is -2.07. The van der Waals surface area contributed by atoms with Crippen LogP contribution >= 0.6 is 0 Å². The quantitative estimate of drug-likeness (QED) is 0.534. The summed E-state index contributed by atoms with van der Waals surface area (Å²) in [6, 6.07) is 15.1. The van der Waals surface area contributed by atoms with Crippen LogP contribution in [0.2, 0.25) is 0 Å². The van der Waals surface area contributed by atoms with Crippen LogP contribution < -0.4 is 5.43 Å². The summed E-state index contributed by atoms with van der Waals surface area (Å²) < 4.78 is 25.0. The van der Waals surface area contributed by atoms with Gasteiger partial charge in [0.15, 0.2) is 5.78 Å². The van der Waals surface area contributed by atoms with Gasteiger partial charge in [0.2, 0.25) is 14.9 Å². The lowest BCUT2D eigenvalue weighted by Crippen LogP contribution is -2.24. The molecule has 0 bridgehead atoms. The highest BCUT2D eigenvalue weighted by molar-refractivity contribution is 8.08. The molecule has 6 heteroatoms. The van der Waals surface area contributed by atoms with Gasteiger partial charge in [-0.2, -0.15) is 5.10 Å². The molecule has 0 spiro atoms. The molecule has 0 saturated heterocycles. The third-order valence-corrected chi connectivity index (χ3v) is 4.73. The average molecular weight is 316 g/mol. The van der Waals surface area contributed by atoms with Gasteiger partial charge < -0.3 is 0 Å². The maximum Gasteiger partial charge on any atom is 0.229 e. The molecule has 0 heterocycles. The van der Waals surface area contributed by atoms with Gasteiger partial charge in [0, 0.05) is 6.92 Å². The van der Waals surface area contributed by atoms with Crippen molar-refractivity contribution in [3.8, 4) is 0 Å². The summed E-state index contributed by atoms with van der Waals surface area (Å²) in [4.78, 5) is 11.7. The molecule has 22 heavy (non-hydrogen) atoms.